The van der Waals surface area contributed by atoms with Gasteiger partial charge in [-0.15, -0.1) is 0 Å². The normalized spacial score (nSPS) is 12.7. The average molecular weight is 271 g/mol. The molecule has 0 spiro atoms. The minimum absolute atomic E-state index is 0.0855. The highest BCUT2D eigenvalue weighted by Gasteiger charge is 2.15. The molecule has 0 atom stereocenters. The maximum atomic E-state index is 11.9. The summed E-state index contributed by atoms with van der Waals surface area (Å²) in [6.45, 7) is 6.54. The molecule has 18 heavy (non-hydrogen) atoms. The smallest absolute Gasteiger partial charge is 0.240 e. The lowest BCUT2D eigenvalue weighted by atomic mass is 9.93. The summed E-state index contributed by atoms with van der Waals surface area (Å²) >= 11 is 0. The van der Waals surface area contributed by atoms with Crippen LogP contribution in [0.4, 0.5) is 0 Å². The van der Waals surface area contributed by atoms with Crippen LogP contribution in [-0.2, 0) is 16.6 Å². The predicted molar refractivity (Wildman–Crippen MR) is 71.6 cm³/mol. The van der Waals surface area contributed by atoms with Crippen molar-refractivity contribution in [3.8, 4) is 0 Å². The number of rotatable bonds is 5. The number of hydrogen-bond acceptors (Lipinski definition) is 3. The SMILES string of the molecule is CC(C)(C)CCNS(=O)(=O)c1ccc(CO)cc1. The molecule has 0 aliphatic carbocycles. The van der Waals surface area contributed by atoms with Gasteiger partial charge in [0.25, 0.3) is 0 Å². The topological polar surface area (TPSA) is 66.4 Å². The summed E-state index contributed by atoms with van der Waals surface area (Å²) in [5.74, 6) is 0. The molecule has 102 valence electrons. The van der Waals surface area contributed by atoms with Gasteiger partial charge in [-0.3, -0.25) is 0 Å². The number of sulfonamides is 1. The van der Waals surface area contributed by atoms with Gasteiger partial charge in [0.1, 0.15) is 0 Å². The zero-order valence-electron chi connectivity index (χ0n) is 11.1. The van der Waals surface area contributed by atoms with E-state index in [0.717, 1.165) is 6.42 Å². The molecule has 0 bridgehead atoms. The minimum Gasteiger partial charge on any atom is -0.392 e. The minimum atomic E-state index is -3.44. The van der Waals surface area contributed by atoms with Gasteiger partial charge in [-0.25, -0.2) is 13.1 Å². The Balaban J connectivity index is 2.68. The van der Waals surface area contributed by atoms with Crippen LogP contribution in [0.1, 0.15) is 32.8 Å². The fourth-order valence-corrected chi connectivity index (χ4v) is 2.45. The molecule has 4 nitrogen and oxygen atoms in total. The summed E-state index contributed by atoms with van der Waals surface area (Å²) in [7, 11) is -3.44. The van der Waals surface area contributed by atoms with Crippen LogP contribution < -0.4 is 4.72 Å². The van der Waals surface area contributed by atoms with Crippen molar-refractivity contribution in [1.29, 1.82) is 0 Å². The average Bonchev–Trinajstić information content (AvgIpc) is 2.27. The molecule has 0 fully saturated rings. The van der Waals surface area contributed by atoms with E-state index in [9.17, 15) is 8.42 Å². The van der Waals surface area contributed by atoms with E-state index in [1.807, 2.05) is 0 Å². The van der Waals surface area contributed by atoms with Crippen LogP contribution in [0.25, 0.3) is 0 Å². The summed E-state index contributed by atoms with van der Waals surface area (Å²) in [6.07, 6.45) is 0.779. The summed E-state index contributed by atoms with van der Waals surface area (Å²) in [5, 5.41) is 8.90. The highest BCUT2D eigenvalue weighted by atomic mass is 32.2. The van der Waals surface area contributed by atoms with Crippen LogP contribution in [-0.4, -0.2) is 20.1 Å². The van der Waals surface area contributed by atoms with Crippen LogP contribution in [0.15, 0.2) is 29.2 Å². The van der Waals surface area contributed by atoms with E-state index in [1.54, 1.807) is 12.1 Å². The van der Waals surface area contributed by atoms with Crippen molar-refractivity contribution in [2.24, 2.45) is 5.41 Å². The van der Waals surface area contributed by atoms with Crippen LogP contribution in [0.5, 0.6) is 0 Å². The molecule has 0 saturated carbocycles. The Hall–Kier alpha value is -0.910. The number of nitrogens with one attached hydrogen (secondary N) is 1. The summed E-state index contributed by atoms with van der Waals surface area (Å²) in [6, 6.07) is 6.23. The standard InChI is InChI=1S/C13H21NO3S/c1-13(2,3)8-9-14-18(16,17)12-6-4-11(10-15)5-7-12/h4-7,14-15H,8-10H2,1-3H3. The van der Waals surface area contributed by atoms with Crippen molar-refractivity contribution in [3.63, 3.8) is 0 Å². The highest BCUT2D eigenvalue weighted by Crippen LogP contribution is 2.18. The van der Waals surface area contributed by atoms with E-state index >= 15 is 0 Å². The van der Waals surface area contributed by atoms with E-state index in [4.69, 9.17) is 5.11 Å². The Bertz CT molecular complexity index is 472. The molecule has 0 radical (unpaired) electrons. The lowest BCUT2D eigenvalue weighted by Gasteiger charge is -2.18. The maximum absolute atomic E-state index is 11.9. The summed E-state index contributed by atoms with van der Waals surface area (Å²) in [5.41, 5.74) is 0.798. The molecule has 5 heteroatoms. The van der Waals surface area contributed by atoms with E-state index in [2.05, 4.69) is 25.5 Å². The summed E-state index contributed by atoms with van der Waals surface area (Å²) < 4.78 is 26.5. The van der Waals surface area contributed by atoms with Crippen molar-refractivity contribution in [1.82, 2.24) is 4.72 Å². The van der Waals surface area contributed by atoms with Gasteiger partial charge in [0.15, 0.2) is 0 Å². The van der Waals surface area contributed by atoms with Gasteiger partial charge >= 0.3 is 0 Å². The fraction of sp³-hybridized carbons (Fsp3) is 0.538. The second-order valence-electron chi connectivity index (χ2n) is 5.51. The molecule has 0 saturated heterocycles. The number of benzene rings is 1. The van der Waals surface area contributed by atoms with Gasteiger partial charge in [0.2, 0.25) is 10.0 Å². The molecule has 0 aliphatic heterocycles. The van der Waals surface area contributed by atoms with Gasteiger partial charge in [-0.05, 0) is 29.5 Å². The second-order valence-corrected chi connectivity index (χ2v) is 7.28. The van der Waals surface area contributed by atoms with Crippen molar-refractivity contribution < 1.29 is 13.5 Å². The van der Waals surface area contributed by atoms with Gasteiger partial charge < -0.3 is 5.11 Å². The van der Waals surface area contributed by atoms with Gasteiger partial charge in [0.05, 0.1) is 11.5 Å². The van der Waals surface area contributed by atoms with E-state index in [0.29, 0.717) is 12.1 Å². The van der Waals surface area contributed by atoms with Crippen LogP contribution >= 0.6 is 0 Å². The first-order valence-corrected chi connectivity index (χ1v) is 7.42. The van der Waals surface area contributed by atoms with Crippen LogP contribution in [0, 0.1) is 5.41 Å². The largest absolute Gasteiger partial charge is 0.392 e. The lowest BCUT2D eigenvalue weighted by molar-refractivity contribution is 0.282. The van der Waals surface area contributed by atoms with Gasteiger partial charge in [-0.2, -0.15) is 0 Å². The zero-order chi connectivity index (χ0) is 13.8. The molecular weight excluding hydrogens is 250 g/mol. The van der Waals surface area contributed by atoms with Crippen molar-refractivity contribution in [3.05, 3.63) is 29.8 Å². The van der Waals surface area contributed by atoms with Gasteiger partial charge in [0, 0.05) is 6.54 Å². The monoisotopic (exact) mass is 271 g/mol. The number of hydrogen-bond donors (Lipinski definition) is 2. The predicted octanol–water partition coefficient (Wildman–Crippen LogP) is 1.89. The van der Waals surface area contributed by atoms with Crippen LogP contribution in [0.2, 0.25) is 0 Å². The van der Waals surface area contributed by atoms with Gasteiger partial charge in [-0.1, -0.05) is 32.9 Å². The highest BCUT2D eigenvalue weighted by molar-refractivity contribution is 7.89. The molecule has 0 unspecified atom stereocenters. The van der Waals surface area contributed by atoms with Crippen molar-refractivity contribution in [2.45, 2.75) is 38.7 Å². The maximum Gasteiger partial charge on any atom is 0.240 e. The Morgan fingerprint density at radius 3 is 2.17 bits per heavy atom. The van der Waals surface area contributed by atoms with E-state index in [-0.39, 0.29) is 16.9 Å². The molecular formula is C13H21NO3S. The van der Waals surface area contributed by atoms with Crippen molar-refractivity contribution >= 4 is 10.0 Å². The molecule has 0 heterocycles. The Kier molecular flexibility index (Phi) is 4.90. The lowest BCUT2D eigenvalue weighted by Crippen LogP contribution is -2.27. The van der Waals surface area contributed by atoms with E-state index in [1.165, 1.54) is 12.1 Å². The Labute approximate surface area is 109 Å². The second kappa shape index (κ2) is 5.82. The zero-order valence-corrected chi connectivity index (χ0v) is 11.9. The molecule has 0 aliphatic rings. The fourth-order valence-electron chi connectivity index (χ4n) is 1.42. The first kappa shape index (κ1) is 15.1. The first-order valence-electron chi connectivity index (χ1n) is 5.94. The Morgan fingerprint density at radius 2 is 1.72 bits per heavy atom. The molecule has 1 aromatic carbocycles. The number of aliphatic hydroxyl groups is 1. The third-order valence-electron chi connectivity index (χ3n) is 2.58. The quantitative estimate of drug-likeness (QED) is 0.859. The third kappa shape index (κ3) is 4.76. The third-order valence-corrected chi connectivity index (χ3v) is 4.06. The Morgan fingerprint density at radius 1 is 1.17 bits per heavy atom. The van der Waals surface area contributed by atoms with E-state index < -0.39 is 10.0 Å². The molecule has 0 aromatic heterocycles. The molecule has 0 amide bonds. The van der Waals surface area contributed by atoms with Crippen molar-refractivity contribution in [2.75, 3.05) is 6.54 Å². The molecule has 2 N–H and O–H groups in total. The number of aliphatic hydroxyl groups excluding tert-OH is 1. The first-order chi connectivity index (χ1) is 8.24. The van der Waals surface area contributed by atoms with Crippen LogP contribution in [0.3, 0.4) is 0 Å². The molecule has 1 rings (SSSR count). The summed E-state index contributed by atoms with van der Waals surface area (Å²) in [4.78, 5) is 0.230. The molecule has 1 aromatic rings.